The molecule has 0 bridgehead atoms. The summed E-state index contributed by atoms with van der Waals surface area (Å²) in [6.07, 6.45) is 2.06. The summed E-state index contributed by atoms with van der Waals surface area (Å²) in [6, 6.07) is 22.7. The van der Waals surface area contributed by atoms with E-state index < -0.39 is 11.6 Å². The summed E-state index contributed by atoms with van der Waals surface area (Å²) in [5, 5.41) is 14.8. The SMILES string of the molecule is [N-]=[N+]=NCc1ccccc1[C@@H]1OC(c2ccc(OCCCO)cc2)=N[C@]1(Cc1ccc(Br)cc1)C(=O)NN1CCCC1. The van der Waals surface area contributed by atoms with Crippen LogP contribution in [0.25, 0.3) is 10.4 Å². The molecule has 0 aromatic heterocycles. The molecule has 0 saturated carbocycles. The molecule has 2 atom stereocenters. The van der Waals surface area contributed by atoms with Gasteiger partial charge in [0.05, 0.1) is 13.2 Å². The van der Waals surface area contributed by atoms with E-state index in [1.807, 2.05) is 77.8 Å². The number of carbonyl (C=O) groups is 1. The number of nitrogens with zero attached hydrogens (tertiary/aromatic N) is 5. The Hall–Kier alpha value is -3.89. The highest BCUT2D eigenvalue weighted by molar-refractivity contribution is 9.10. The van der Waals surface area contributed by atoms with Crippen LogP contribution < -0.4 is 10.2 Å². The normalized spacial score (nSPS) is 20.0. The summed E-state index contributed by atoms with van der Waals surface area (Å²) >= 11 is 3.51. The maximum atomic E-state index is 14.4. The third-order valence-electron chi connectivity index (χ3n) is 7.42. The zero-order valence-electron chi connectivity index (χ0n) is 23.2. The molecule has 0 aliphatic carbocycles. The molecule has 5 rings (SSSR count). The van der Waals surface area contributed by atoms with Gasteiger partial charge in [-0.3, -0.25) is 10.2 Å². The number of aliphatic hydroxyl groups is 1. The number of hydrogen-bond acceptors (Lipinski definition) is 7. The number of nitrogens with one attached hydrogen (secondary N) is 1. The standard InChI is InChI=1S/C31H33BrN6O4/c32-25-12-8-22(9-13-25)20-31(30(40)36-38-16-3-4-17-38)28(27-7-2-1-6-24(27)21-34-37-33)42-29(35-31)23-10-14-26(15-11-23)41-19-5-18-39/h1-2,6-15,28,39H,3-5,16-21H2,(H,36,40)/t28-,31-/m0/s1. The Morgan fingerprint density at radius 1 is 1.14 bits per heavy atom. The fraction of sp³-hybridized carbons (Fsp3) is 0.355. The maximum Gasteiger partial charge on any atom is 0.266 e. The molecule has 0 unspecified atom stereocenters. The highest BCUT2D eigenvalue weighted by atomic mass is 79.9. The first-order valence-corrected chi connectivity index (χ1v) is 14.8. The summed E-state index contributed by atoms with van der Waals surface area (Å²) in [5.74, 6) is 0.749. The summed E-state index contributed by atoms with van der Waals surface area (Å²) in [4.78, 5) is 22.5. The van der Waals surface area contributed by atoms with Crippen molar-refractivity contribution in [2.24, 2.45) is 10.1 Å². The van der Waals surface area contributed by atoms with Crippen molar-refractivity contribution < 1.29 is 19.4 Å². The minimum Gasteiger partial charge on any atom is -0.494 e. The highest BCUT2D eigenvalue weighted by Gasteiger charge is 2.54. The number of amides is 1. The first-order chi connectivity index (χ1) is 20.5. The van der Waals surface area contributed by atoms with E-state index in [9.17, 15) is 4.79 Å². The van der Waals surface area contributed by atoms with E-state index in [0.717, 1.165) is 47.1 Å². The van der Waals surface area contributed by atoms with Crippen molar-refractivity contribution in [3.63, 3.8) is 0 Å². The van der Waals surface area contributed by atoms with Crippen LogP contribution in [0.3, 0.4) is 0 Å². The van der Waals surface area contributed by atoms with Crippen LogP contribution in [-0.2, 0) is 22.5 Å². The Morgan fingerprint density at radius 3 is 2.60 bits per heavy atom. The third-order valence-corrected chi connectivity index (χ3v) is 7.95. The van der Waals surface area contributed by atoms with Crippen LogP contribution in [0.1, 0.15) is 47.6 Å². The minimum atomic E-state index is -1.35. The van der Waals surface area contributed by atoms with Crippen molar-refractivity contribution in [3.8, 4) is 5.75 Å². The number of halogens is 1. The Morgan fingerprint density at radius 2 is 1.88 bits per heavy atom. The van der Waals surface area contributed by atoms with Gasteiger partial charge in [0.1, 0.15) is 5.75 Å². The minimum absolute atomic E-state index is 0.0607. The van der Waals surface area contributed by atoms with Crippen molar-refractivity contribution in [1.29, 1.82) is 0 Å². The second-order valence-electron chi connectivity index (χ2n) is 10.3. The summed E-state index contributed by atoms with van der Waals surface area (Å²) < 4.78 is 13.3. The van der Waals surface area contributed by atoms with Crippen LogP contribution in [0.4, 0.5) is 0 Å². The van der Waals surface area contributed by atoms with E-state index in [4.69, 9.17) is 25.1 Å². The van der Waals surface area contributed by atoms with E-state index in [-0.39, 0.29) is 25.5 Å². The second kappa shape index (κ2) is 13.8. The number of ether oxygens (including phenoxy) is 2. The molecule has 2 aliphatic heterocycles. The smallest absolute Gasteiger partial charge is 0.266 e. The summed E-state index contributed by atoms with van der Waals surface area (Å²) in [5.41, 5.74) is 14.0. The molecule has 2 N–H and O–H groups in total. The fourth-order valence-electron chi connectivity index (χ4n) is 5.28. The van der Waals surface area contributed by atoms with E-state index in [2.05, 4.69) is 31.4 Å². The lowest BCUT2D eigenvalue weighted by Crippen LogP contribution is -2.54. The number of hydrazine groups is 1. The predicted octanol–water partition coefficient (Wildman–Crippen LogP) is 5.65. The molecule has 2 heterocycles. The van der Waals surface area contributed by atoms with Crippen LogP contribution in [0, 0.1) is 0 Å². The number of aliphatic imine (C=N–C) groups is 1. The number of hydrogen-bond donors (Lipinski definition) is 2. The van der Waals surface area contributed by atoms with E-state index in [1.54, 1.807) is 0 Å². The number of benzene rings is 3. The van der Waals surface area contributed by atoms with E-state index in [1.165, 1.54) is 0 Å². The summed E-state index contributed by atoms with van der Waals surface area (Å²) in [6.45, 7) is 2.13. The van der Waals surface area contributed by atoms with Gasteiger partial charge >= 0.3 is 0 Å². The number of azide groups is 1. The van der Waals surface area contributed by atoms with E-state index >= 15 is 0 Å². The number of aliphatic hydroxyl groups excluding tert-OH is 1. The topological polar surface area (TPSA) is 132 Å². The van der Waals surface area contributed by atoms with Crippen LogP contribution in [0.5, 0.6) is 5.75 Å². The van der Waals surface area contributed by atoms with Crippen LogP contribution in [-0.4, -0.2) is 53.8 Å². The first-order valence-electron chi connectivity index (χ1n) is 14.0. The largest absolute Gasteiger partial charge is 0.494 e. The lowest BCUT2D eigenvalue weighted by molar-refractivity contribution is -0.133. The van der Waals surface area contributed by atoms with Crippen LogP contribution in [0.15, 0.2) is 87.4 Å². The van der Waals surface area contributed by atoms with Gasteiger partial charge in [0.15, 0.2) is 11.6 Å². The fourth-order valence-corrected chi connectivity index (χ4v) is 5.55. The van der Waals surface area contributed by atoms with Crippen LogP contribution in [0.2, 0.25) is 0 Å². The maximum absolute atomic E-state index is 14.4. The number of carbonyl (C=O) groups excluding carboxylic acids is 1. The van der Waals surface area contributed by atoms with Gasteiger partial charge in [-0.25, -0.2) is 10.0 Å². The van der Waals surface area contributed by atoms with Gasteiger partial charge in [0.25, 0.3) is 5.91 Å². The molecule has 0 radical (unpaired) electrons. The molecule has 10 nitrogen and oxygen atoms in total. The van der Waals surface area contributed by atoms with Gasteiger partial charge in [-0.05, 0) is 71.5 Å². The molecule has 2 aliphatic rings. The molecule has 3 aromatic carbocycles. The van der Waals surface area contributed by atoms with Gasteiger partial charge in [-0.15, -0.1) is 0 Å². The van der Waals surface area contributed by atoms with Gasteiger partial charge < -0.3 is 14.6 Å². The van der Waals surface area contributed by atoms with Gasteiger partial charge in [0.2, 0.25) is 5.90 Å². The molecule has 0 spiro atoms. The third kappa shape index (κ3) is 6.77. The van der Waals surface area contributed by atoms with Crippen molar-refractivity contribution in [2.45, 2.75) is 43.9 Å². The number of rotatable bonds is 12. The molecule has 1 fully saturated rings. The zero-order chi connectivity index (χ0) is 29.4. The Labute approximate surface area is 253 Å². The van der Waals surface area contributed by atoms with Crippen molar-refractivity contribution in [3.05, 3.63) is 110 Å². The lowest BCUT2D eigenvalue weighted by atomic mass is 9.80. The van der Waals surface area contributed by atoms with Crippen molar-refractivity contribution >= 4 is 27.7 Å². The van der Waals surface area contributed by atoms with Gasteiger partial charge in [-0.2, -0.15) is 0 Å². The predicted molar refractivity (Wildman–Crippen MR) is 163 cm³/mol. The molecule has 11 heteroatoms. The Balaban J connectivity index is 1.60. The summed E-state index contributed by atoms with van der Waals surface area (Å²) in [7, 11) is 0. The lowest BCUT2D eigenvalue weighted by Gasteiger charge is -2.33. The highest BCUT2D eigenvalue weighted by Crippen LogP contribution is 2.44. The average molecular weight is 634 g/mol. The molecular formula is C31H33BrN6O4. The quantitative estimate of drug-likeness (QED) is 0.115. The molecule has 3 aromatic rings. The van der Waals surface area contributed by atoms with Crippen LogP contribution >= 0.6 is 15.9 Å². The molecular weight excluding hydrogens is 600 g/mol. The molecule has 218 valence electrons. The Kier molecular flexibility index (Phi) is 9.76. The van der Waals surface area contributed by atoms with Crippen molar-refractivity contribution in [1.82, 2.24) is 10.4 Å². The molecule has 42 heavy (non-hydrogen) atoms. The van der Waals surface area contributed by atoms with Gasteiger partial charge in [-0.1, -0.05) is 57.4 Å². The van der Waals surface area contributed by atoms with Crippen molar-refractivity contribution in [2.75, 3.05) is 26.3 Å². The molecule has 1 amide bonds. The zero-order valence-corrected chi connectivity index (χ0v) is 24.7. The average Bonchev–Trinajstić information content (AvgIpc) is 3.67. The Bertz CT molecular complexity index is 1450. The monoisotopic (exact) mass is 632 g/mol. The van der Waals surface area contributed by atoms with E-state index in [0.29, 0.717) is 30.2 Å². The van der Waals surface area contributed by atoms with Gasteiger partial charge in [0, 0.05) is 47.5 Å². The second-order valence-corrected chi connectivity index (χ2v) is 11.2. The first kappa shape index (κ1) is 29.6. The molecule has 1 saturated heterocycles.